The number of rotatable bonds is 11. The number of carbonyl (C=O) groups excluding carboxylic acids is 3. The number of aryl methyl sites for hydroxylation is 3. The van der Waals surface area contributed by atoms with E-state index in [1.165, 1.54) is 40.8 Å². The van der Waals surface area contributed by atoms with E-state index in [-0.39, 0.29) is 40.9 Å². The molecule has 0 unspecified atom stereocenters. The quantitative estimate of drug-likeness (QED) is 0.175. The number of hydrogen-bond acceptors (Lipinski definition) is 7. The highest BCUT2D eigenvalue weighted by Gasteiger charge is 2.31. The molecule has 3 amide bonds. The molecule has 0 spiro atoms. The molecule has 11 nitrogen and oxygen atoms in total. The first-order chi connectivity index (χ1) is 24.5. The lowest BCUT2D eigenvalue weighted by Crippen LogP contribution is -2.49. The van der Waals surface area contributed by atoms with Gasteiger partial charge < -0.3 is 20.6 Å². The summed E-state index contributed by atoms with van der Waals surface area (Å²) in [5.74, 6) is -1.87. The molecule has 2 heterocycles. The highest BCUT2D eigenvalue weighted by molar-refractivity contribution is 7.89. The fraction of sp³-hybridized carbons (Fsp3) is 0.316. The van der Waals surface area contributed by atoms with E-state index in [1.807, 2.05) is 36.4 Å². The van der Waals surface area contributed by atoms with Crippen LogP contribution >= 0.6 is 11.3 Å². The van der Waals surface area contributed by atoms with Gasteiger partial charge in [0.25, 0.3) is 11.8 Å². The molecular formula is C38H40N4O7S2. The van der Waals surface area contributed by atoms with E-state index >= 15 is 0 Å². The molecule has 2 aliphatic rings. The summed E-state index contributed by atoms with van der Waals surface area (Å²) in [4.78, 5) is 52.8. The van der Waals surface area contributed by atoms with Crippen molar-refractivity contribution in [3.8, 4) is 0 Å². The van der Waals surface area contributed by atoms with Gasteiger partial charge in [-0.25, -0.2) is 13.2 Å². The van der Waals surface area contributed by atoms with Crippen LogP contribution in [0.25, 0.3) is 0 Å². The zero-order valence-electron chi connectivity index (χ0n) is 28.3. The summed E-state index contributed by atoms with van der Waals surface area (Å²) in [5.41, 5.74) is 4.61. The third-order valence-corrected chi connectivity index (χ3v) is 12.5. The second-order valence-corrected chi connectivity index (χ2v) is 15.9. The van der Waals surface area contributed by atoms with E-state index in [1.54, 1.807) is 23.1 Å². The van der Waals surface area contributed by atoms with Crippen molar-refractivity contribution in [2.24, 2.45) is 0 Å². The number of fused-ring (bicyclic) bond motifs is 1. The van der Waals surface area contributed by atoms with Crippen molar-refractivity contribution in [1.82, 2.24) is 9.21 Å². The number of carboxylic acids is 1. The van der Waals surface area contributed by atoms with E-state index in [9.17, 15) is 27.6 Å². The first-order valence-electron chi connectivity index (χ1n) is 17.0. The second kappa shape index (κ2) is 15.6. The van der Waals surface area contributed by atoms with E-state index in [4.69, 9.17) is 5.11 Å². The maximum atomic E-state index is 13.8. The molecule has 13 heteroatoms. The molecule has 51 heavy (non-hydrogen) atoms. The number of nitrogens with one attached hydrogen (secondary N) is 2. The molecule has 1 aliphatic heterocycles. The predicted molar refractivity (Wildman–Crippen MR) is 196 cm³/mol. The molecule has 3 N–H and O–H groups in total. The van der Waals surface area contributed by atoms with Gasteiger partial charge in [0.15, 0.2) is 0 Å². The van der Waals surface area contributed by atoms with Crippen LogP contribution in [0.4, 0.5) is 10.7 Å². The number of carboxylic acid groups (broad SMARTS) is 1. The smallest absolute Gasteiger partial charge is 0.335 e. The first kappa shape index (κ1) is 36.0. The number of amides is 3. The summed E-state index contributed by atoms with van der Waals surface area (Å²) in [6, 6.07) is 20.5. The number of benzene rings is 3. The Morgan fingerprint density at radius 3 is 2.08 bits per heavy atom. The molecule has 3 aromatic carbocycles. The van der Waals surface area contributed by atoms with Crippen molar-refractivity contribution in [2.75, 3.05) is 36.8 Å². The number of carbonyl (C=O) groups is 4. The van der Waals surface area contributed by atoms with Gasteiger partial charge in [-0.05, 0) is 104 Å². The van der Waals surface area contributed by atoms with Crippen LogP contribution in [0.3, 0.4) is 0 Å². The van der Waals surface area contributed by atoms with Gasteiger partial charge >= 0.3 is 5.97 Å². The molecule has 4 aromatic rings. The summed E-state index contributed by atoms with van der Waals surface area (Å²) >= 11 is 1.39. The number of thiophene rings is 1. The van der Waals surface area contributed by atoms with Crippen LogP contribution in [-0.4, -0.2) is 72.6 Å². The lowest BCUT2D eigenvalue weighted by Gasteiger charge is -2.33. The van der Waals surface area contributed by atoms with Gasteiger partial charge in [0.2, 0.25) is 15.9 Å². The summed E-state index contributed by atoms with van der Waals surface area (Å²) in [6.07, 6.45) is 6.01. The molecule has 6 rings (SSSR count). The Labute approximate surface area is 301 Å². The Balaban J connectivity index is 1.12. The van der Waals surface area contributed by atoms with Gasteiger partial charge in [-0.3, -0.25) is 14.4 Å². The first-order valence-corrected chi connectivity index (χ1v) is 19.3. The summed E-state index contributed by atoms with van der Waals surface area (Å²) < 4.78 is 28.2. The van der Waals surface area contributed by atoms with Crippen LogP contribution in [-0.2, 0) is 40.5 Å². The van der Waals surface area contributed by atoms with E-state index in [2.05, 4.69) is 10.6 Å². The fourth-order valence-corrected chi connectivity index (χ4v) is 9.27. The third kappa shape index (κ3) is 8.38. The number of nitrogens with zero attached hydrogens (tertiary/aromatic N) is 2. The van der Waals surface area contributed by atoms with Crippen LogP contribution in [0.2, 0.25) is 0 Å². The van der Waals surface area contributed by atoms with Gasteiger partial charge in [0.05, 0.1) is 16.0 Å². The fourth-order valence-electron chi connectivity index (χ4n) is 6.52. The van der Waals surface area contributed by atoms with Crippen molar-refractivity contribution < 1.29 is 32.7 Å². The lowest BCUT2D eigenvalue weighted by atomic mass is 9.95. The largest absolute Gasteiger partial charge is 0.478 e. The minimum atomic E-state index is -3.89. The van der Waals surface area contributed by atoms with E-state index < -0.39 is 21.9 Å². The van der Waals surface area contributed by atoms with Gasteiger partial charge in [0.1, 0.15) is 5.00 Å². The van der Waals surface area contributed by atoms with E-state index in [0.29, 0.717) is 29.3 Å². The number of anilines is 2. The molecule has 0 bridgehead atoms. The maximum Gasteiger partial charge on any atom is 0.335 e. The topological polar surface area (TPSA) is 153 Å². The van der Waals surface area contributed by atoms with Crippen LogP contribution in [0, 0.1) is 0 Å². The molecule has 0 atom stereocenters. The molecule has 1 saturated heterocycles. The Hall–Kier alpha value is -4.85. The van der Waals surface area contributed by atoms with Crippen molar-refractivity contribution in [3.05, 3.63) is 111 Å². The average molecular weight is 729 g/mol. The maximum absolute atomic E-state index is 13.8. The number of hydrogen-bond donors (Lipinski definition) is 3. The molecule has 0 radical (unpaired) electrons. The lowest BCUT2D eigenvalue weighted by molar-refractivity contribution is -0.129. The van der Waals surface area contributed by atoms with Crippen molar-refractivity contribution in [2.45, 2.75) is 56.8 Å². The molecule has 1 fully saturated rings. The molecule has 1 aliphatic carbocycles. The minimum Gasteiger partial charge on any atom is -0.478 e. The predicted octanol–water partition coefficient (Wildman–Crippen LogP) is 5.86. The second-order valence-electron chi connectivity index (χ2n) is 12.8. The number of aromatic carboxylic acids is 1. The molecule has 1 aromatic heterocycles. The van der Waals surface area contributed by atoms with Gasteiger partial charge in [-0.2, -0.15) is 4.31 Å². The summed E-state index contributed by atoms with van der Waals surface area (Å²) in [7, 11) is -3.89. The van der Waals surface area contributed by atoms with Gasteiger partial charge in [-0.1, -0.05) is 30.3 Å². The number of sulfonamides is 1. The van der Waals surface area contributed by atoms with Crippen LogP contribution < -0.4 is 10.6 Å². The zero-order valence-corrected chi connectivity index (χ0v) is 29.9. The highest BCUT2D eigenvalue weighted by Crippen LogP contribution is 2.39. The minimum absolute atomic E-state index is 0.00675. The van der Waals surface area contributed by atoms with Crippen LogP contribution in [0.15, 0.2) is 77.7 Å². The summed E-state index contributed by atoms with van der Waals surface area (Å²) in [5, 5.41) is 15.4. The van der Waals surface area contributed by atoms with Crippen molar-refractivity contribution >= 4 is 55.7 Å². The van der Waals surface area contributed by atoms with Gasteiger partial charge in [0, 0.05) is 49.2 Å². The van der Waals surface area contributed by atoms with Crippen molar-refractivity contribution in [1.29, 1.82) is 0 Å². The Bertz CT molecular complexity index is 2050. The average Bonchev–Trinajstić information content (AvgIpc) is 3.50. The molecule has 266 valence electrons. The molecular weight excluding hydrogens is 689 g/mol. The Morgan fingerprint density at radius 1 is 0.784 bits per heavy atom. The van der Waals surface area contributed by atoms with E-state index in [0.717, 1.165) is 66.5 Å². The standard InChI is InChI=1S/C38H40N4O7S2/c1-25(43)41-20-22-42(23-21-41)51(48,49)31-9-5-8-29(24-31)35(44)40-37-34(32-10-2-3-11-33(32)50-37)36(45)39-30-18-14-27(15-19-30)7-4-6-26-12-16-28(17-13-26)38(46)47/h5,8-9,12-19,24H,2-4,6-7,10-11,20-23H2,1H3,(H,39,45)(H,40,44)(H,46,47). The van der Waals surface area contributed by atoms with Gasteiger partial charge in [-0.15, -0.1) is 11.3 Å². The Kier molecular flexibility index (Phi) is 11.0. The molecule has 0 saturated carbocycles. The van der Waals surface area contributed by atoms with Crippen molar-refractivity contribution in [3.63, 3.8) is 0 Å². The highest BCUT2D eigenvalue weighted by atomic mass is 32.2. The summed E-state index contributed by atoms with van der Waals surface area (Å²) in [6.45, 7) is 2.42. The zero-order chi connectivity index (χ0) is 36.1. The normalized spacial score (nSPS) is 14.8. The number of piperazine rings is 1. The van der Waals surface area contributed by atoms with Crippen LogP contribution in [0.5, 0.6) is 0 Å². The Morgan fingerprint density at radius 2 is 1.43 bits per heavy atom. The monoisotopic (exact) mass is 728 g/mol. The third-order valence-electron chi connectivity index (χ3n) is 9.39. The SMILES string of the molecule is CC(=O)N1CCN(S(=O)(=O)c2cccc(C(=O)Nc3sc4c(c3C(=O)Nc3ccc(CCCc5ccc(C(=O)O)cc5)cc3)CCCC4)c2)CC1. The van der Waals surface area contributed by atoms with Crippen LogP contribution in [0.1, 0.15) is 78.8 Å².